The van der Waals surface area contributed by atoms with E-state index in [4.69, 9.17) is 13.9 Å². The van der Waals surface area contributed by atoms with Crippen LogP contribution in [0.3, 0.4) is 0 Å². The Morgan fingerprint density at radius 3 is 2.62 bits per heavy atom. The minimum Gasteiger partial charge on any atom is -0.423 e. The van der Waals surface area contributed by atoms with Crippen molar-refractivity contribution in [1.82, 2.24) is 5.32 Å². The van der Waals surface area contributed by atoms with Gasteiger partial charge in [-0.25, -0.2) is 9.59 Å². The molecule has 0 saturated heterocycles. The smallest absolute Gasteiger partial charge is 0.349 e. The molecule has 1 amide bonds. The topological polar surface area (TPSA) is 138 Å². The molecular formula is C22H20N2O8. The molecule has 3 rings (SSSR count). The second kappa shape index (κ2) is 9.84. The third-order valence-electron chi connectivity index (χ3n) is 4.60. The first-order valence-corrected chi connectivity index (χ1v) is 9.62. The molecule has 0 aliphatic rings. The van der Waals surface area contributed by atoms with Gasteiger partial charge in [0.05, 0.1) is 10.5 Å². The quantitative estimate of drug-likeness (QED) is 0.141. The van der Waals surface area contributed by atoms with Crippen molar-refractivity contribution in [3.8, 4) is 5.75 Å². The molecule has 0 radical (unpaired) electrons. The molecule has 1 aromatic heterocycles. The molecular weight excluding hydrogens is 420 g/mol. The lowest BCUT2D eigenvalue weighted by Crippen LogP contribution is -2.29. The lowest BCUT2D eigenvalue weighted by Gasteiger charge is -2.07. The van der Waals surface area contributed by atoms with Gasteiger partial charge in [-0.15, -0.1) is 0 Å². The fourth-order valence-electron chi connectivity index (χ4n) is 2.98. The molecule has 0 bridgehead atoms. The second-order valence-corrected chi connectivity index (χ2v) is 6.90. The summed E-state index contributed by atoms with van der Waals surface area (Å²) in [5, 5.41) is 14.0. The Hall–Kier alpha value is -4.05. The number of aryl methyl sites for hydroxylation is 1. The van der Waals surface area contributed by atoms with E-state index in [0.29, 0.717) is 30.5 Å². The number of carbonyl (C=O) groups excluding carboxylic acids is 2. The van der Waals surface area contributed by atoms with Gasteiger partial charge in [0.2, 0.25) is 0 Å². The van der Waals surface area contributed by atoms with Gasteiger partial charge in [-0.3, -0.25) is 14.9 Å². The number of hydrogen-bond donors (Lipinski definition) is 1. The van der Waals surface area contributed by atoms with Gasteiger partial charge in [0.1, 0.15) is 16.9 Å². The number of hydrogen-bond acceptors (Lipinski definition) is 8. The van der Waals surface area contributed by atoms with Crippen LogP contribution in [-0.4, -0.2) is 37.1 Å². The van der Waals surface area contributed by atoms with E-state index in [9.17, 15) is 24.5 Å². The van der Waals surface area contributed by atoms with E-state index >= 15 is 0 Å². The van der Waals surface area contributed by atoms with Crippen molar-refractivity contribution in [2.75, 3.05) is 20.3 Å². The molecule has 0 aliphatic heterocycles. The summed E-state index contributed by atoms with van der Waals surface area (Å²) >= 11 is 0. The first-order valence-electron chi connectivity index (χ1n) is 9.62. The monoisotopic (exact) mass is 440 g/mol. The Morgan fingerprint density at radius 2 is 1.94 bits per heavy atom. The van der Waals surface area contributed by atoms with Crippen molar-refractivity contribution in [1.29, 1.82) is 0 Å². The molecule has 0 saturated carbocycles. The first kappa shape index (κ1) is 22.6. The van der Waals surface area contributed by atoms with Gasteiger partial charge in [-0.2, -0.15) is 0 Å². The Labute approximate surface area is 181 Å². The normalized spacial score (nSPS) is 10.7. The number of nitro groups is 1. The Bertz CT molecular complexity index is 1250. The average molecular weight is 440 g/mol. The van der Waals surface area contributed by atoms with E-state index < -0.39 is 22.4 Å². The number of carbonyl (C=O) groups is 2. The summed E-state index contributed by atoms with van der Waals surface area (Å²) in [4.78, 5) is 47.2. The minimum absolute atomic E-state index is 0.104. The number of nitrogens with one attached hydrogen (secondary N) is 1. The first-order chi connectivity index (χ1) is 15.3. The van der Waals surface area contributed by atoms with Gasteiger partial charge in [-0.05, 0) is 43.7 Å². The molecule has 1 heterocycles. The summed E-state index contributed by atoms with van der Waals surface area (Å²) in [6, 6.07) is 9.67. The number of esters is 1. The molecule has 0 unspecified atom stereocenters. The lowest BCUT2D eigenvalue weighted by molar-refractivity contribution is -0.385. The summed E-state index contributed by atoms with van der Waals surface area (Å²) in [6.45, 7) is 2.35. The number of ether oxygens (including phenoxy) is 2. The molecule has 0 aliphatic carbocycles. The molecule has 0 spiro atoms. The third kappa shape index (κ3) is 5.16. The summed E-state index contributed by atoms with van der Waals surface area (Å²) in [5.74, 6) is -1.17. The maximum absolute atomic E-state index is 12.4. The zero-order valence-corrected chi connectivity index (χ0v) is 17.4. The minimum atomic E-state index is -0.823. The zero-order valence-electron chi connectivity index (χ0n) is 17.4. The molecule has 10 heteroatoms. The van der Waals surface area contributed by atoms with Crippen LogP contribution in [0.15, 0.2) is 51.7 Å². The molecule has 32 heavy (non-hydrogen) atoms. The van der Waals surface area contributed by atoms with Crippen molar-refractivity contribution in [3.63, 3.8) is 0 Å². The van der Waals surface area contributed by atoms with E-state index in [0.717, 1.165) is 0 Å². The van der Waals surface area contributed by atoms with Gasteiger partial charge < -0.3 is 19.2 Å². The van der Waals surface area contributed by atoms with E-state index in [1.165, 1.54) is 43.3 Å². The van der Waals surface area contributed by atoms with Gasteiger partial charge in [0.15, 0.2) is 0 Å². The highest BCUT2D eigenvalue weighted by atomic mass is 16.6. The average Bonchev–Trinajstić information content (AvgIpc) is 2.75. The highest BCUT2D eigenvalue weighted by molar-refractivity contribution is 5.97. The number of methoxy groups -OCH3 is 1. The Kier molecular flexibility index (Phi) is 6.96. The Morgan fingerprint density at radius 1 is 1.16 bits per heavy atom. The molecule has 3 aromatic rings. The van der Waals surface area contributed by atoms with E-state index in [1.54, 1.807) is 13.2 Å². The maximum Gasteiger partial charge on any atom is 0.349 e. The number of amides is 1. The fourth-order valence-corrected chi connectivity index (χ4v) is 2.98. The van der Waals surface area contributed by atoms with E-state index in [-0.39, 0.29) is 28.1 Å². The highest BCUT2D eigenvalue weighted by Crippen LogP contribution is 2.23. The van der Waals surface area contributed by atoms with Crippen LogP contribution in [0.4, 0.5) is 5.69 Å². The van der Waals surface area contributed by atoms with Crippen LogP contribution < -0.4 is 15.7 Å². The summed E-state index contributed by atoms with van der Waals surface area (Å²) in [7, 11) is 1.55. The van der Waals surface area contributed by atoms with Gasteiger partial charge in [0.25, 0.3) is 11.6 Å². The zero-order chi connectivity index (χ0) is 23.3. The number of benzene rings is 2. The third-order valence-corrected chi connectivity index (χ3v) is 4.60. The highest BCUT2D eigenvalue weighted by Gasteiger charge is 2.17. The van der Waals surface area contributed by atoms with E-state index in [2.05, 4.69) is 5.32 Å². The Balaban J connectivity index is 1.77. The van der Waals surface area contributed by atoms with E-state index in [1.807, 2.05) is 0 Å². The maximum atomic E-state index is 12.4. The number of nitrogens with zero attached hydrogens (tertiary/aromatic N) is 1. The van der Waals surface area contributed by atoms with Gasteiger partial charge >= 0.3 is 11.6 Å². The largest absolute Gasteiger partial charge is 0.423 e. The van der Waals surface area contributed by atoms with Crippen molar-refractivity contribution >= 4 is 28.5 Å². The SMILES string of the molecule is COCCCNC(=O)c1cc2ccc(OC(=O)c3ccc([N+](=O)[O-])c(C)c3)cc2oc1=O. The van der Waals surface area contributed by atoms with Crippen LogP contribution in [0.1, 0.15) is 32.7 Å². The molecule has 10 nitrogen and oxygen atoms in total. The van der Waals surface area contributed by atoms with Crippen LogP contribution in [0.25, 0.3) is 11.0 Å². The standard InChI is InChI=1S/C22H20N2O8/c1-13-10-15(5-7-18(13)24(28)29)21(26)31-16-6-4-14-11-17(22(27)32-19(14)12-16)20(25)23-8-3-9-30-2/h4-7,10-12H,3,8-9H2,1-2H3,(H,23,25). The van der Waals surface area contributed by atoms with Gasteiger partial charge in [0, 0.05) is 43.3 Å². The van der Waals surface area contributed by atoms with Crippen LogP contribution in [0.2, 0.25) is 0 Å². The van der Waals surface area contributed by atoms with Crippen LogP contribution in [0.5, 0.6) is 5.75 Å². The van der Waals surface area contributed by atoms with Crippen molar-refractivity contribution in [2.45, 2.75) is 13.3 Å². The van der Waals surface area contributed by atoms with Crippen molar-refractivity contribution < 1.29 is 28.4 Å². The van der Waals surface area contributed by atoms with Crippen LogP contribution >= 0.6 is 0 Å². The molecule has 166 valence electrons. The van der Waals surface area contributed by atoms with Crippen molar-refractivity contribution in [2.24, 2.45) is 0 Å². The second-order valence-electron chi connectivity index (χ2n) is 6.90. The predicted octanol–water partition coefficient (Wildman–Crippen LogP) is 3.00. The lowest BCUT2D eigenvalue weighted by atomic mass is 10.1. The summed E-state index contributed by atoms with van der Waals surface area (Å²) in [5.41, 5.74) is -0.474. The molecule has 0 fully saturated rings. The summed E-state index contributed by atoms with van der Waals surface area (Å²) < 4.78 is 15.4. The number of nitro benzene ring substituents is 1. The van der Waals surface area contributed by atoms with Gasteiger partial charge in [-0.1, -0.05) is 0 Å². The number of rotatable bonds is 8. The summed E-state index contributed by atoms with van der Waals surface area (Å²) in [6.07, 6.45) is 0.601. The van der Waals surface area contributed by atoms with Crippen LogP contribution in [0, 0.1) is 17.0 Å². The van der Waals surface area contributed by atoms with Crippen molar-refractivity contribution in [3.05, 3.63) is 79.7 Å². The molecule has 0 atom stereocenters. The fraction of sp³-hybridized carbons (Fsp3) is 0.227. The predicted molar refractivity (Wildman–Crippen MR) is 114 cm³/mol. The molecule has 1 N–H and O–H groups in total. The molecule has 2 aromatic carbocycles. The number of fused-ring (bicyclic) bond motifs is 1. The van der Waals surface area contributed by atoms with Crippen LogP contribution in [-0.2, 0) is 4.74 Å².